The molecule has 0 fully saturated rings. The van der Waals surface area contributed by atoms with Gasteiger partial charge < -0.3 is 0 Å². The van der Waals surface area contributed by atoms with Gasteiger partial charge in [0.05, 0.1) is 6.61 Å². The summed E-state index contributed by atoms with van der Waals surface area (Å²) in [7, 11) is 0. The van der Waals surface area contributed by atoms with E-state index in [1.165, 1.54) is 0 Å². The minimum Gasteiger partial charge on any atom is -0.300 e. The van der Waals surface area contributed by atoms with E-state index in [1.807, 2.05) is 30.3 Å². The monoisotopic (exact) mass is 196 g/mol. The molecule has 78 valence electrons. The van der Waals surface area contributed by atoms with Gasteiger partial charge in [-0.25, -0.2) is 4.89 Å². The SMILES string of the molecule is CC(=O)Cc1ccccc1.CCOO. The number of hydrogen-bond donors (Lipinski definition) is 1. The zero-order valence-electron chi connectivity index (χ0n) is 8.56. The van der Waals surface area contributed by atoms with Gasteiger partial charge in [0.2, 0.25) is 0 Å². The Morgan fingerprint density at radius 2 is 1.86 bits per heavy atom. The highest BCUT2D eigenvalue weighted by Gasteiger charge is 1.93. The van der Waals surface area contributed by atoms with E-state index in [-0.39, 0.29) is 5.78 Å². The van der Waals surface area contributed by atoms with Crippen molar-refractivity contribution >= 4 is 5.78 Å². The van der Waals surface area contributed by atoms with Crippen molar-refractivity contribution in [3.05, 3.63) is 35.9 Å². The minimum absolute atomic E-state index is 0.214. The highest BCUT2D eigenvalue weighted by Crippen LogP contribution is 1.98. The van der Waals surface area contributed by atoms with Crippen LogP contribution < -0.4 is 0 Å². The topological polar surface area (TPSA) is 46.5 Å². The molecule has 0 unspecified atom stereocenters. The summed E-state index contributed by atoms with van der Waals surface area (Å²) in [6, 6.07) is 9.75. The fraction of sp³-hybridized carbons (Fsp3) is 0.364. The van der Waals surface area contributed by atoms with Gasteiger partial charge in [0.15, 0.2) is 0 Å². The second kappa shape index (κ2) is 8.41. The summed E-state index contributed by atoms with van der Waals surface area (Å²) in [5.41, 5.74) is 1.09. The maximum Gasteiger partial charge on any atom is 0.134 e. The predicted octanol–water partition coefficient (Wildman–Crippen LogP) is 2.31. The molecule has 0 aliphatic heterocycles. The molecule has 3 nitrogen and oxygen atoms in total. The van der Waals surface area contributed by atoms with Crippen molar-refractivity contribution in [2.45, 2.75) is 20.3 Å². The third kappa shape index (κ3) is 7.46. The maximum atomic E-state index is 10.6. The van der Waals surface area contributed by atoms with Gasteiger partial charge in [-0.2, -0.15) is 0 Å². The van der Waals surface area contributed by atoms with E-state index in [4.69, 9.17) is 5.26 Å². The van der Waals surface area contributed by atoms with Crippen LogP contribution >= 0.6 is 0 Å². The number of Topliss-reactive ketones (excluding diaryl/α,β-unsaturated/α-hetero) is 1. The van der Waals surface area contributed by atoms with Crippen molar-refractivity contribution in [2.24, 2.45) is 0 Å². The molecule has 0 atom stereocenters. The van der Waals surface area contributed by atoms with E-state index in [9.17, 15) is 4.79 Å². The van der Waals surface area contributed by atoms with Crippen LogP contribution in [0.15, 0.2) is 30.3 Å². The standard InChI is InChI=1S/C9H10O.C2H6O2/c1-8(10)7-9-5-3-2-4-6-9;1-2-4-3/h2-6H,7H2,1H3;3H,2H2,1H3. The van der Waals surface area contributed by atoms with E-state index >= 15 is 0 Å². The van der Waals surface area contributed by atoms with E-state index in [2.05, 4.69) is 4.89 Å². The van der Waals surface area contributed by atoms with E-state index in [0.29, 0.717) is 13.0 Å². The van der Waals surface area contributed by atoms with Crippen molar-refractivity contribution in [2.75, 3.05) is 6.61 Å². The Labute approximate surface area is 84.3 Å². The largest absolute Gasteiger partial charge is 0.300 e. The van der Waals surface area contributed by atoms with Gasteiger partial charge in [-0.3, -0.25) is 10.1 Å². The van der Waals surface area contributed by atoms with Gasteiger partial charge >= 0.3 is 0 Å². The molecule has 0 heterocycles. The molecule has 0 saturated carbocycles. The molecule has 0 aromatic heterocycles. The van der Waals surface area contributed by atoms with Crippen molar-refractivity contribution < 1.29 is 14.9 Å². The fourth-order valence-electron chi connectivity index (χ4n) is 0.883. The number of ketones is 1. The van der Waals surface area contributed by atoms with Gasteiger partial charge in [-0.05, 0) is 19.4 Å². The predicted molar refractivity (Wildman–Crippen MR) is 55.1 cm³/mol. The number of carbonyl (C=O) groups excluding carboxylic acids is 1. The lowest BCUT2D eigenvalue weighted by atomic mass is 10.1. The molecule has 1 aromatic carbocycles. The number of hydrogen-bond acceptors (Lipinski definition) is 3. The first-order chi connectivity index (χ1) is 6.70. The number of rotatable bonds is 3. The summed E-state index contributed by atoms with van der Waals surface area (Å²) in [4.78, 5) is 14.2. The molecule has 0 aliphatic carbocycles. The molecule has 0 radical (unpaired) electrons. The average molecular weight is 196 g/mol. The first-order valence-corrected chi connectivity index (χ1v) is 4.50. The summed E-state index contributed by atoms with van der Waals surface area (Å²) < 4.78 is 0. The summed E-state index contributed by atoms with van der Waals surface area (Å²) in [6.07, 6.45) is 0.556. The Morgan fingerprint density at radius 1 is 1.36 bits per heavy atom. The Morgan fingerprint density at radius 3 is 2.21 bits per heavy atom. The smallest absolute Gasteiger partial charge is 0.134 e. The fourth-order valence-corrected chi connectivity index (χ4v) is 0.883. The summed E-state index contributed by atoms with van der Waals surface area (Å²) in [5, 5.41) is 7.38. The highest BCUT2D eigenvalue weighted by atomic mass is 17.1. The molecule has 1 aromatic rings. The second-order valence-electron chi connectivity index (χ2n) is 2.78. The zero-order valence-corrected chi connectivity index (χ0v) is 8.56. The van der Waals surface area contributed by atoms with Gasteiger partial charge in [-0.15, -0.1) is 0 Å². The molecule has 0 spiro atoms. The van der Waals surface area contributed by atoms with Crippen LogP contribution in [0.3, 0.4) is 0 Å². The van der Waals surface area contributed by atoms with Crippen molar-refractivity contribution in [3.8, 4) is 0 Å². The number of carbonyl (C=O) groups is 1. The van der Waals surface area contributed by atoms with Crippen LogP contribution in [-0.4, -0.2) is 17.6 Å². The van der Waals surface area contributed by atoms with Gasteiger partial charge in [-0.1, -0.05) is 30.3 Å². The first kappa shape index (κ1) is 12.8. The van der Waals surface area contributed by atoms with Gasteiger partial charge in [0.1, 0.15) is 5.78 Å². The maximum absolute atomic E-state index is 10.6. The van der Waals surface area contributed by atoms with Gasteiger partial charge in [0.25, 0.3) is 0 Å². The minimum atomic E-state index is 0.214. The highest BCUT2D eigenvalue weighted by molar-refractivity contribution is 5.78. The molecular formula is C11H16O3. The molecule has 0 amide bonds. The van der Waals surface area contributed by atoms with Crippen molar-refractivity contribution in [1.29, 1.82) is 0 Å². The third-order valence-electron chi connectivity index (χ3n) is 1.42. The van der Waals surface area contributed by atoms with E-state index in [0.717, 1.165) is 5.56 Å². The molecule has 1 N–H and O–H groups in total. The number of benzene rings is 1. The van der Waals surface area contributed by atoms with E-state index < -0.39 is 0 Å². The lowest BCUT2D eigenvalue weighted by molar-refractivity contribution is -0.237. The molecule has 0 aliphatic rings. The quantitative estimate of drug-likeness (QED) is 0.596. The van der Waals surface area contributed by atoms with Gasteiger partial charge in [0, 0.05) is 6.42 Å². The molecular weight excluding hydrogens is 180 g/mol. The van der Waals surface area contributed by atoms with Crippen LogP contribution in [-0.2, 0) is 16.1 Å². The lowest BCUT2D eigenvalue weighted by Gasteiger charge is -1.93. The molecule has 3 heteroatoms. The Bertz CT molecular complexity index is 242. The van der Waals surface area contributed by atoms with Crippen molar-refractivity contribution in [1.82, 2.24) is 0 Å². The summed E-state index contributed by atoms with van der Waals surface area (Å²) >= 11 is 0. The molecule has 1 rings (SSSR count). The van der Waals surface area contributed by atoms with E-state index in [1.54, 1.807) is 13.8 Å². The lowest BCUT2D eigenvalue weighted by Crippen LogP contribution is -1.94. The van der Waals surface area contributed by atoms with Crippen LogP contribution in [0, 0.1) is 0 Å². The van der Waals surface area contributed by atoms with Crippen LogP contribution in [0.1, 0.15) is 19.4 Å². The summed E-state index contributed by atoms with van der Waals surface area (Å²) in [6.45, 7) is 3.69. The Balaban J connectivity index is 0.000000364. The summed E-state index contributed by atoms with van der Waals surface area (Å²) in [5.74, 6) is 0.214. The van der Waals surface area contributed by atoms with Crippen molar-refractivity contribution in [3.63, 3.8) is 0 Å². The molecule has 14 heavy (non-hydrogen) atoms. The normalized spacial score (nSPS) is 8.79. The molecule has 0 saturated heterocycles. The van der Waals surface area contributed by atoms with Crippen LogP contribution in [0.2, 0.25) is 0 Å². The first-order valence-electron chi connectivity index (χ1n) is 4.50. The third-order valence-corrected chi connectivity index (χ3v) is 1.42. The zero-order chi connectivity index (χ0) is 10.8. The second-order valence-corrected chi connectivity index (χ2v) is 2.78. The van der Waals surface area contributed by atoms with Crippen LogP contribution in [0.25, 0.3) is 0 Å². The van der Waals surface area contributed by atoms with Crippen LogP contribution in [0.4, 0.5) is 0 Å². The molecule has 0 bridgehead atoms. The Hall–Kier alpha value is -1.19. The average Bonchev–Trinajstić information content (AvgIpc) is 2.19. The van der Waals surface area contributed by atoms with Crippen LogP contribution in [0.5, 0.6) is 0 Å². The Kier molecular flexibility index (Phi) is 7.70.